The molecule has 1 aromatic rings. The summed E-state index contributed by atoms with van der Waals surface area (Å²) in [5.41, 5.74) is 7.09. The normalized spacial score (nSPS) is 8.50. The van der Waals surface area contributed by atoms with Gasteiger partial charge in [-0.1, -0.05) is 6.07 Å². The van der Waals surface area contributed by atoms with E-state index in [-0.39, 0.29) is 49.8 Å². The molecular weight excluding hydrogens is 341 g/mol. The third-order valence-corrected chi connectivity index (χ3v) is 1.26. The van der Waals surface area contributed by atoms with Crippen LogP contribution in [0.25, 0.3) is 0 Å². The first kappa shape index (κ1) is 10.3. The predicted octanol–water partition coefficient (Wildman–Crippen LogP) is 1.28. The standard InChI is InChI=1S/C7H9NO.Ac/c1-5-2-3-6(9)4-7(5)8;/h2-4,9H,8H2,1H3;. The number of hydrogen-bond donors (Lipinski definition) is 2. The zero-order valence-electron chi connectivity index (χ0n) is 5.83. The van der Waals surface area contributed by atoms with Crippen LogP contribution in [0.5, 0.6) is 5.75 Å². The third kappa shape index (κ3) is 2.48. The molecule has 0 aliphatic carbocycles. The van der Waals surface area contributed by atoms with E-state index in [1.54, 1.807) is 12.1 Å². The molecule has 10 heavy (non-hydrogen) atoms. The van der Waals surface area contributed by atoms with Gasteiger partial charge in [0.25, 0.3) is 0 Å². The van der Waals surface area contributed by atoms with Gasteiger partial charge in [-0.25, -0.2) is 0 Å². The Morgan fingerprint density at radius 3 is 2.40 bits per heavy atom. The maximum absolute atomic E-state index is 8.86. The molecule has 0 saturated heterocycles. The average Bonchev–Trinajstić information content (AvgIpc) is 1.80. The van der Waals surface area contributed by atoms with Gasteiger partial charge in [0, 0.05) is 55.8 Å². The number of phenolic OH excluding ortho intramolecular Hbond substituents is 1. The molecule has 3 heteroatoms. The third-order valence-electron chi connectivity index (χ3n) is 1.26. The first-order chi connectivity index (χ1) is 4.20. The molecule has 0 aromatic heterocycles. The van der Waals surface area contributed by atoms with Crippen molar-refractivity contribution in [3.63, 3.8) is 0 Å². The Morgan fingerprint density at radius 2 is 2.00 bits per heavy atom. The van der Waals surface area contributed by atoms with Crippen molar-refractivity contribution in [2.24, 2.45) is 0 Å². The fourth-order valence-corrected chi connectivity index (χ4v) is 0.628. The van der Waals surface area contributed by atoms with E-state index in [2.05, 4.69) is 0 Å². The summed E-state index contributed by atoms with van der Waals surface area (Å²) in [6, 6.07) is 4.94. The minimum Gasteiger partial charge on any atom is -0.508 e. The van der Waals surface area contributed by atoms with E-state index in [1.807, 2.05) is 6.92 Å². The molecule has 0 bridgehead atoms. The van der Waals surface area contributed by atoms with E-state index >= 15 is 0 Å². The Morgan fingerprint density at radius 1 is 1.40 bits per heavy atom. The van der Waals surface area contributed by atoms with Gasteiger partial charge in [-0.15, -0.1) is 0 Å². The van der Waals surface area contributed by atoms with Crippen molar-refractivity contribution in [3.8, 4) is 5.75 Å². The van der Waals surface area contributed by atoms with Crippen LogP contribution in [0.3, 0.4) is 0 Å². The summed E-state index contributed by atoms with van der Waals surface area (Å²) in [6.45, 7) is 1.90. The zero-order valence-corrected chi connectivity index (χ0v) is 10.6. The van der Waals surface area contributed by atoms with Crippen LogP contribution in [0, 0.1) is 51.0 Å². The average molecular weight is 350 g/mol. The molecule has 0 amide bonds. The molecule has 1 rings (SSSR count). The van der Waals surface area contributed by atoms with E-state index in [0.717, 1.165) is 5.56 Å². The second-order valence-corrected chi connectivity index (χ2v) is 2.04. The molecule has 1 aromatic carbocycles. The van der Waals surface area contributed by atoms with Crippen molar-refractivity contribution >= 4 is 5.69 Å². The summed E-state index contributed by atoms with van der Waals surface area (Å²) in [7, 11) is 0. The maximum atomic E-state index is 8.86. The first-order valence-electron chi connectivity index (χ1n) is 2.75. The van der Waals surface area contributed by atoms with Crippen molar-refractivity contribution in [1.29, 1.82) is 0 Å². The van der Waals surface area contributed by atoms with Gasteiger partial charge in [-0.3, -0.25) is 0 Å². The molecule has 2 nitrogen and oxygen atoms in total. The van der Waals surface area contributed by atoms with Crippen molar-refractivity contribution in [2.45, 2.75) is 6.92 Å². The molecule has 1 radical (unpaired) electrons. The predicted molar refractivity (Wildman–Crippen MR) is 37.3 cm³/mol. The number of benzene rings is 1. The summed E-state index contributed by atoms with van der Waals surface area (Å²) < 4.78 is 0. The van der Waals surface area contributed by atoms with Crippen molar-refractivity contribution < 1.29 is 49.2 Å². The SMILES string of the molecule is Cc1ccc(O)cc1N.[Ac]. The van der Waals surface area contributed by atoms with Crippen LogP contribution in [0.2, 0.25) is 0 Å². The maximum Gasteiger partial charge on any atom is 0.117 e. The number of aryl methyl sites for hydroxylation is 1. The Balaban J connectivity index is 0.000000810. The van der Waals surface area contributed by atoms with Crippen molar-refractivity contribution in [2.75, 3.05) is 5.73 Å². The van der Waals surface area contributed by atoms with Gasteiger partial charge < -0.3 is 10.8 Å². The van der Waals surface area contributed by atoms with Gasteiger partial charge in [0.05, 0.1) is 0 Å². The van der Waals surface area contributed by atoms with E-state index in [4.69, 9.17) is 10.8 Å². The van der Waals surface area contributed by atoms with Gasteiger partial charge in [-0.2, -0.15) is 0 Å². The van der Waals surface area contributed by atoms with Gasteiger partial charge >= 0.3 is 0 Å². The molecule has 51 valence electrons. The van der Waals surface area contributed by atoms with Gasteiger partial charge in [0.1, 0.15) is 5.75 Å². The number of hydrogen-bond acceptors (Lipinski definition) is 2. The molecule has 0 aliphatic heterocycles. The number of rotatable bonds is 0. The molecule has 0 atom stereocenters. The van der Waals surface area contributed by atoms with Gasteiger partial charge in [-0.05, 0) is 18.6 Å². The fourth-order valence-electron chi connectivity index (χ4n) is 0.628. The molecule has 0 unspecified atom stereocenters. The molecule has 0 saturated carbocycles. The van der Waals surface area contributed by atoms with Crippen LogP contribution in [0.1, 0.15) is 5.56 Å². The number of nitrogens with two attached hydrogens (primary N) is 1. The number of nitrogen functional groups attached to an aromatic ring is 1. The van der Waals surface area contributed by atoms with Crippen LogP contribution < -0.4 is 5.73 Å². The molecule has 0 heterocycles. The smallest absolute Gasteiger partial charge is 0.117 e. The molecule has 0 aliphatic rings. The first-order valence-corrected chi connectivity index (χ1v) is 2.75. The largest absolute Gasteiger partial charge is 0.508 e. The zero-order chi connectivity index (χ0) is 6.85. The Bertz CT molecular complexity index is 225. The van der Waals surface area contributed by atoms with Crippen LogP contribution >= 0.6 is 0 Å². The molecule has 0 spiro atoms. The van der Waals surface area contributed by atoms with E-state index in [0.29, 0.717) is 5.69 Å². The fraction of sp³-hybridized carbons (Fsp3) is 0.143. The minimum absolute atomic E-state index is 0. The number of phenols is 1. The van der Waals surface area contributed by atoms with E-state index < -0.39 is 0 Å². The number of anilines is 1. The van der Waals surface area contributed by atoms with Gasteiger partial charge in [0.15, 0.2) is 0 Å². The summed E-state index contributed by atoms with van der Waals surface area (Å²) in [5, 5.41) is 8.86. The summed E-state index contributed by atoms with van der Waals surface area (Å²) in [4.78, 5) is 0. The summed E-state index contributed by atoms with van der Waals surface area (Å²) >= 11 is 0. The summed E-state index contributed by atoms with van der Waals surface area (Å²) in [5.74, 6) is 0.220. The minimum atomic E-state index is 0. The summed E-state index contributed by atoms with van der Waals surface area (Å²) in [6.07, 6.45) is 0. The Hall–Kier alpha value is 0.262. The van der Waals surface area contributed by atoms with Crippen LogP contribution in [-0.4, -0.2) is 5.11 Å². The second kappa shape index (κ2) is 4.20. The van der Waals surface area contributed by atoms with Crippen molar-refractivity contribution in [3.05, 3.63) is 23.8 Å². The Kier molecular flexibility index (Phi) is 4.31. The quantitative estimate of drug-likeness (QED) is 0.693. The van der Waals surface area contributed by atoms with E-state index in [9.17, 15) is 0 Å². The molecule has 3 N–H and O–H groups in total. The molecule has 0 fully saturated rings. The molecular formula is C7H9AcNO. The second-order valence-electron chi connectivity index (χ2n) is 2.04. The Labute approximate surface area is 96.0 Å². The topological polar surface area (TPSA) is 46.2 Å². The van der Waals surface area contributed by atoms with E-state index in [1.165, 1.54) is 6.07 Å². The monoisotopic (exact) mass is 350 g/mol. The number of aromatic hydroxyl groups is 1. The van der Waals surface area contributed by atoms with Crippen LogP contribution in [0.4, 0.5) is 5.69 Å². The van der Waals surface area contributed by atoms with Gasteiger partial charge in [0.2, 0.25) is 0 Å². The van der Waals surface area contributed by atoms with Crippen LogP contribution in [0.15, 0.2) is 18.2 Å². The van der Waals surface area contributed by atoms with Crippen LogP contribution in [-0.2, 0) is 0 Å². The van der Waals surface area contributed by atoms with Crippen molar-refractivity contribution in [1.82, 2.24) is 0 Å².